The highest BCUT2D eigenvalue weighted by molar-refractivity contribution is 8.07. The van der Waals surface area contributed by atoms with E-state index < -0.39 is 0 Å². The van der Waals surface area contributed by atoms with Gasteiger partial charge in [-0.2, -0.15) is 0 Å². The van der Waals surface area contributed by atoms with Crippen LogP contribution in [0.25, 0.3) is 0 Å². The molecular weight excluding hydrogens is 204 g/mol. The average Bonchev–Trinajstić information content (AvgIpc) is 2.50. The summed E-state index contributed by atoms with van der Waals surface area (Å²) in [5.74, 6) is 2.05. The maximum atomic E-state index is 5.89. The van der Waals surface area contributed by atoms with Crippen LogP contribution in [0.15, 0.2) is 57.8 Å². The Bertz CT molecular complexity index is 395. The van der Waals surface area contributed by atoms with Gasteiger partial charge in [-0.15, -0.1) is 0 Å². The molecule has 0 bridgehead atoms. The van der Waals surface area contributed by atoms with Crippen molar-refractivity contribution in [1.82, 2.24) is 0 Å². The second-order valence-corrected chi connectivity index (χ2v) is 4.77. The summed E-state index contributed by atoms with van der Waals surface area (Å²) in [6.07, 6.45) is 16.2. The molecule has 15 heavy (non-hydrogen) atoms. The fraction of sp³-hybridized carbons (Fsp3) is 0.231. The molecule has 0 amide bonds. The molecule has 1 heterocycles. The topological polar surface area (TPSA) is 9.23 Å². The van der Waals surface area contributed by atoms with Crippen LogP contribution in [0, 0.1) is 0 Å². The number of fused-ring (bicyclic) bond motifs is 1. The van der Waals surface area contributed by atoms with Crippen LogP contribution in [0.1, 0.15) is 19.3 Å². The Hall–Kier alpha value is -1.15. The number of thioether (sulfide) groups is 1. The fourth-order valence-electron chi connectivity index (χ4n) is 1.81. The zero-order valence-corrected chi connectivity index (χ0v) is 9.22. The van der Waals surface area contributed by atoms with Crippen molar-refractivity contribution in [2.24, 2.45) is 0 Å². The van der Waals surface area contributed by atoms with Crippen LogP contribution in [0.2, 0.25) is 0 Å². The molecule has 0 unspecified atom stereocenters. The lowest BCUT2D eigenvalue weighted by molar-refractivity contribution is 0.327. The maximum Gasteiger partial charge on any atom is 0.141 e. The maximum absolute atomic E-state index is 5.89. The zero-order chi connectivity index (χ0) is 10.1. The Kier molecular flexibility index (Phi) is 2.29. The highest BCUT2D eigenvalue weighted by atomic mass is 32.2. The molecule has 0 aromatic rings. The van der Waals surface area contributed by atoms with Crippen LogP contribution in [0.4, 0.5) is 0 Å². The van der Waals surface area contributed by atoms with Gasteiger partial charge in [0, 0.05) is 0 Å². The van der Waals surface area contributed by atoms with Gasteiger partial charge in [0.2, 0.25) is 0 Å². The Morgan fingerprint density at radius 2 is 1.93 bits per heavy atom. The number of hydrogen-bond donors (Lipinski definition) is 0. The van der Waals surface area contributed by atoms with Gasteiger partial charge >= 0.3 is 0 Å². The van der Waals surface area contributed by atoms with E-state index in [0.29, 0.717) is 0 Å². The molecule has 0 fully saturated rings. The van der Waals surface area contributed by atoms with Crippen molar-refractivity contribution in [2.45, 2.75) is 19.3 Å². The molecule has 3 aliphatic rings. The fourth-order valence-corrected chi connectivity index (χ4v) is 2.85. The van der Waals surface area contributed by atoms with Gasteiger partial charge in [-0.3, -0.25) is 0 Å². The van der Waals surface area contributed by atoms with Gasteiger partial charge < -0.3 is 4.74 Å². The molecule has 1 nitrogen and oxygen atoms in total. The minimum atomic E-state index is 0.995. The third-order valence-electron chi connectivity index (χ3n) is 2.56. The largest absolute Gasteiger partial charge is 0.455 e. The van der Waals surface area contributed by atoms with Crippen molar-refractivity contribution in [3.63, 3.8) is 0 Å². The molecule has 0 saturated heterocycles. The summed E-state index contributed by atoms with van der Waals surface area (Å²) in [6.45, 7) is 0. The predicted octanol–water partition coefficient (Wildman–Crippen LogP) is 4.04. The second kappa shape index (κ2) is 3.78. The number of allylic oxidation sites excluding steroid dienone is 6. The van der Waals surface area contributed by atoms with Crippen molar-refractivity contribution >= 4 is 11.8 Å². The lowest BCUT2D eigenvalue weighted by Gasteiger charge is -2.23. The summed E-state index contributed by atoms with van der Waals surface area (Å²) in [5, 5.41) is 0. The van der Waals surface area contributed by atoms with Crippen molar-refractivity contribution in [3.8, 4) is 0 Å². The minimum absolute atomic E-state index is 0.995. The third-order valence-corrected chi connectivity index (χ3v) is 3.71. The Morgan fingerprint density at radius 1 is 1.07 bits per heavy atom. The van der Waals surface area contributed by atoms with Crippen molar-refractivity contribution in [2.75, 3.05) is 0 Å². The first-order chi connectivity index (χ1) is 7.43. The molecule has 3 rings (SSSR count). The SMILES string of the molecule is C1=CC2=C(C=CC1)SC1=CCCC=C1O2. The Morgan fingerprint density at radius 3 is 2.93 bits per heavy atom. The molecule has 0 radical (unpaired) electrons. The molecule has 0 N–H and O–H groups in total. The minimum Gasteiger partial charge on any atom is -0.455 e. The smallest absolute Gasteiger partial charge is 0.141 e. The highest BCUT2D eigenvalue weighted by Crippen LogP contribution is 2.43. The Balaban J connectivity index is 2.02. The van der Waals surface area contributed by atoms with E-state index in [1.165, 1.54) is 9.81 Å². The first kappa shape index (κ1) is 9.10. The summed E-state index contributed by atoms with van der Waals surface area (Å²) in [5.41, 5.74) is 0. The second-order valence-electron chi connectivity index (χ2n) is 3.69. The Labute approximate surface area is 93.9 Å². The predicted molar refractivity (Wildman–Crippen MR) is 64.0 cm³/mol. The van der Waals surface area contributed by atoms with E-state index in [2.05, 4.69) is 36.5 Å². The molecule has 0 spiro atoms. The molecule has 0 aromatic carbocycles. The van der Waals surface area contributed by atoms with E-state index in [0.717, 1.165) is 30.8 Å². The van der Waals surface area contributed by atoms with Crippen LogP contribution in [0.3, 0.4) is 0 Å². The van der Waals surface area contributed by atoms with E-state index in [1.54, 1.807) is 0 Å². The molecule has 2 heteroatoms. The summed E-state index contributed by atoms with van der Waals surface area (Å²) in [4.78, 5) is 2.51. The summed E-state index contributed by atoms with van der Waals surface area (Å²) in [6, 6.07) is 0. The first-order valence-corrected chi connectivity index (χ1v) is 6.09. The summed E-state index contributed by atoms with van der Waals surface area (Å²) < 4.78 is 5.89. The van der Waals surface area contributed by atoms with Gasteiger partial charge in [-0.25, -0.2) is 0 Å². The summed E-state index contributed by atoms with van der Waals surface area (Å²) >= 11 is 1.82. The van der Waals surface area contributed by atoms with Crippen LogP contribution in [0.5, 0.6) is 0 Å². The molecule has 0 atom stereocenters. The van der Waals surface area contributed by atoms with E-state index in [4.69, 9.17) is 4.74 Å². The third kappa shape index (κ3) is 1.70. The van der Waals surface area contributed by atoms with Crippen LogP contribution >= 0.6 is 11.8 Å². The normalized spacial score (nSPS) is 23.5. The number of rotatable bonds is 0. The molecular formula is C13H12OS. The molecule has 1 aliphatic heterocycles. The standard InChI is InChI=1S/C13H12OS/c1-2-6-10-12(8-3-1)15-13-9-5-4-7-11(13)14-10/h2-3,6-9H,1,4-5H2. The lowest BCUT2D eigenvalue weighted by atomic mass is 10.2. The van der Waals surface area contributed by atoms with Crippen LogP contribution in [-0.4, -0.2) is 0 Å². The molecule has 0 aromatic heterocycles. The monoisotopic (exact) mass is 216 g/mol. The average molecular weight is 216 g/mol. The van der Waals surface area contributed by atoms with Crippen LogP contribution < -0.4 is 0 Å². The van der Waals surface area contributed by atoms with E-state index >= 15 is 0 Å². The molecule has 0 saturated carbocycles. The quantitative estimate of drug-likeness (QED) is 0.604. The lowest BCUT2D eigenvalue weighted by Crippen LogP contribution is -2.04. The van der Waals surface area contributed by atoms with Gasteiger partial charge in [0.1, 0.15) is 11.5 Å². The van der Waals surface area contributed by atoms with Crippen molar-refractivity contribution in [1.29, 1.82) is 0 Å². The van der Waals surface area contributed by atoms with Gasteiger partial charge in [-0.05, 0) is 37.5 Å². The first-order valence-electron chi connectivity index (χ1n) is 5.27. The number of ether oxygens (including phenoxy) is 1. The van der Waals surface area contributed by atoms with Crippen molar-refractivity contribution in [3.05, 3.63) is 57.8 Å². The van der Waals surface area contributed by atoms with Gasteiger partial charge in [0.15, 0.2) is 0 Å². The van der Waals surface area contributed by atoms with E-state index in [-0.39, 0.29) is 0 Å². The van der Waals surface area contributed by atoms with E-state index in [9.17, 15) is 0 Å². The zero-order valence-electron chi connectivity index (χ0n) is 8.40. The van der Waals surface area contributed by atoms with Gasteiger partial charge in [0.05, 0.1) is 9.81 Å². The van der Waals surface area contributed by atoms with Crippen LogP contribution in [-0.2, 0) is 4.74 Å². The number of hydrogen-bond acceptors (Lipinski definition) is 2. The highest BCUT2D eigenvalue weighted by Gasteiger charge is 2.21. The molecule has 2 aliphatic carbocycles. The van der Waals surface area contributed by atoms with E-state index in [1.807, 2.05) is 11.8 Å². The summed E-state index contributed by atoms with van der Waals surface area (Å²) in [7, 11) is 0. The van der Waals surface area contributed by atoms with Gasteiger partial charge in [0.25, 0.3) is 0 Å². The molecule has 76 valence electrons. The van der Waals surface area contributed by atoms with Crippen molar-refractivity contribution < 1.29 is 4.74 Å². The van der Waals surface area contributed by atoms with Gasteiger partial charge in [-0.1, -0.05) is 30.0 Å².